The molecule has 0 bridgehead atoms. The van der Waals surface area contributed by atoms with Crippen LogP contribution in [0.15, 0.2) is 291 Å². The molecule has 0 saturated heterocycles. The van der Waals surface area contributed by atoms with Gasteiger partial charge in [0.15, 0.2) is 0 Å². The van der Waals surface area contributed by atoms with Crippen LogP contribution in [0.2, 0.25) is 0 Å². The molecule has 0 saturated carbocycles. The summed E-state index contributed by atoms with van der Waals surface area (Å²) < 4.78 is 0. The molecule has 2 aliphatic rings. The van der Waals surface area contributed by atoms with Crippen LogP contribution >= 0.6 is 0 Å². The fraction of sp³-hybridized carbons (Fsp3) is 0.0649. The highest BCUT2D eigenvalue weighted by Gasteiger charge is 2.53. The van der Waals surface area contributed by atoms with Gasteiger partial charge in [0.1, 0.15) is 0 Å². The zero-order valence-electron chi connectivity index (χ0n) is 46.0. The predicted octanol–water partition coefficient (Wildman–Crippen LogP) is 21.1. The van der Waals surface area contributed by atoms with E-state index in [0.717, 1.165) is 68.2 Å². The van der Waals surface area contributed by atoms with Gasteiger partial charge in [0, 0.05) is 68.2 Å². The molecule has 0 radical (unpaired) electrons. The number of para-hydroxylation sites is 4. The van der Waals surface area contributed by atoms with E-state index in [-0.39, 0.29) is 0 Å². The van der Waals surface area contributed by atoms with E-state index in [1.165, 1.54) is 66.8 Å². The number of aryl methyl sites for hydroxylation is 4. The lowest BCUT2D eigenvalue weighted by molar-refractivity contribution is 0.793. The molecule has 12 aromatic carbocycles. The topological polar surface area (TPSA) is 13.0 Å². The summed E-state index contributed by atoms with van der Waals surface area (Å²) in [6, 6.07) is 108. The van der Waals surface area contributed by atoms with E-state index in [4.69, 9.17) is 0 Å². The lowest BCUT2D eigenvalue weighted by Gasteiger charge is -2.35. The average Bonchev–Trinajstić information content (AvgIpc) is 2.55. The summed E-state index contributed by atoms with van der Waals surface area (Å²) >= 11 is 0. The van der Waals surface area contributed by atoms with Crippen LogP contribution in [0.5, 0.6) is 0 Å². The van der Waals surface area contributed by atoms with Crippen molar-refractivity contribution < 1.29 is 0 Å². The van der Waals surface area contributed by atoms with Crippen molar-refractivity contribution in [3.05, 3.63) is 336 Å². The number of hydrogen-bond donors (Lipinski definition) is 0. The molecular weight excluding hydrogens is 981 g/mol. The molecule has 12 aromatic rings. The molecule has 0 aliphatic heterocycles. The Hall–Kier alpha value is -10.2. The summed E-state index contributed by atoms with van der Waals surface area (Å²) in [5, 5.41) is 0. The van der Waals surface area contributed by atoms with Gasteiger partial charge in [0.05, 0.1) is 5.41 Å². The predicted molar refractivity (Wildman–Crippen MR) is 340 cm³/mol. The zero-order chi connectivity index (χ0) is 54.6. The molecule has 4 nitrogen and oxygen atoms in total. The van der Waals surface area contributed by atoms with Crippen molar-refractivity contribution in [1.82, 2.24) is 0 Å². The highest BCUT2D eigenvalue weighted by molar-refractivity contribution is 6.00. The van der Waals surface area contributed by atoms with Crippen molar-refractivity contribution in [3.63, 3.8) is 0 Å². The van der Waals surface area contributed by atoms with Crippen molar-refractivity contribution in [2.45, 2.75) is 33.1 Å². The number of nitrogens with zero attached hydrogens (tertiary/aromatic N) is 4. The molecule has 4 heteroatoms. The highest BCUT2D eigenvalue weighted by Crippen LogP contribution is 2.65. The van der Waals surface area contributed by atoms with Gasteiger partial charge < -0.3 is 19.6 Å². The Bertz CT molecular complexity index is 3680. The van der Waals surface area contributed by atoms with Crippen LogP contribution < -0.4 is 19.6 Å². The van der Waals surface area contributed by atoms with Crippen molar-refractivity contribution in [1.29, 1.82) is 0 Å². The lowest BCUT2D eigenvalue weighted by Crippen LogP contribution is -2.27. The largest absolute Gasteiger partial charge is 0.310 e. The third kappa shape index (κ3) is 8.55. The van der Waals surface area contributed by atoms with Gasteiger partial charge in [-0.1, -0.05) is 168 Å². The van der Waals surface area contributed by atoms with Gasteiger partial charge in [-0.2, -0.15) is 0 Å². The second kappa shape index (κ2) is 20.3. The molecule has 0 heterocycles. The summed E-state index contributed by atoms with van der Waals surface area (Å²) in [4.78, 5) is 9.68. The van der Waals surface area contributed by atoms with Crippen LogP contribution in [0.25, 0.3) is 22.3 Å². The molecule has 388 valence electrons. The van der Waals surface area contributed by atoms with E-state index in [9.17, 15) is 0 Å². The third-order valence-electron chi connectivity index (χ3n) is 16.5. The van der Waals surface area contributed by atoms with Gasteiger partial charge in [-0.05, 0) is 218 Å². The number of rotatable bonds is 12. The summed E-state index contributed by atoms with van der Waals surface area (Å²) in [5.41, 5.74) is 26.9. The minimum Gasteiger partial charge on any atom is -0.310 e. The van der Waals surface area contributed by atoms with E-state index < -0.39 is 5.41 Å². The number of hydrogen-bond acceptors (Lipinski definition) is 4. The molecule has 81 heavy (non-hydrogen) atoms. The van der Waals surface area contributed by atoms with Gasteiger partial charge in [0.25, 0.3) is 0 Å². The van der Waals surface area contributed by atoms with Gasteiger partial charge in [-0.3, -0.25) is 0 Å². The molecule has 0 unspecified atom stereocenters. The van der Waals surface area contributed by atoms with Crippen LogP contribution in [0.4, 0.5) is 68.2 Å². The Kier molecular flexibility index (Phi) is 12.3. The Morgan fingerprint density at radius 1 is 0.185 bits per heavy atom. The summed E-state index contributed by atoms with van der Waals surface area (Å²) in [6.07, 6.45) is 0. The molecule has 0 fully saturated rings. The van der Waals surface area contributed by atoms with Crippen LogP contribution in [0.1, 0.15) is 44.5 Å². The van der Waals surface area contributed by atoms with Crippen LogP contribution in [-0.4, -0.2) is 0 Å². The van der Waals surface area contributed by atoms with E-state index in [0.29, 0.717) is 0 Å². The lowest BCUT2D eigenvalue weighted by atomic mass is 9.70. The van der Waals surface area contributed by atoms with Gasteiger partial charge in [-0.25, -0.2) is 0 Å². The van der Waals surface area contributed by atoms with Gasteiger partial charge in [-0.15, -0.1) is 0 Å². The molecule has 0 atom stereocenters. The van der Waals surface area contributed by atoms with Crippen molar-refractivity contribution in [2.24, 2.45) is 0 Å². The summed E-state index contributed by atoms with van der Waals surface area (Å²) in [7, 11) is 0. The Labute approximate surface area is 476 Å². The van der Waals surface area contributed by atoms with Crippen LogP contribution in [0.3, 0.4) is 0 Å². The fourth-order valence-electron chi connectivity index (χ4n) is 12.6. The molecular formula is C77H60N4. The maximum Gasteiger partial charge on any atom is 0.0728 e. The maximum atomic E-state index is 2.51. The SMILES string of the molecule is Cc1ccc(N(c2ccccc2)c2ccc3c(c2)C2(c4cc(N(c5ccccc5)c5ccc(C)cc5)ccc4-3)c3cc(N(c4ccccc4)c4ccc(C)cc4)ccc3-c3ccc(N(c4ccccc4)c4ccc(C)cc4)cc32)cc1. The molecule has 0 amide bonds. The number of fused-ring (bicyclic) bond motifs is 10. The minimum atomic E-state index is -0.829. The molecule has 14 rings (SSSR count). The normalized spacial score (nSPS) is 12.3. The maximum absolute atomic E-state index is 2.51. The van der Waals surface area contributed by atoms with Crippen molar-refractivity contribution in [3.8, 4) is 22.3 Å². The first-order valence-corrected chi connectivity index (χ1v) is 28.1. The molecule has 1 spiro atoms. The van der Waals surface area contributed by atoms with Crippen molar-refractivity contribution >= 4 is 68.2 Å². The highest BCUT2D eigenvalue weighted by atomic mass is 15.2. The average molecular weight is 1040 g/mol. The van der Waals surface area contributed by atoms with Crippen molar-refractivity contribution in [2.75, 3.05) is 19.6 Å². The summed E-state index contributed by atoms with van der Waals surface area (Å²) in [5.74, 6) is 0. The Morgan fingerprint density at radius 3 is 0.556 bits per heavy atom. The fourth-order valence-corrected chi connectivity index (χ4v) is 12.6. The number of benzene rings is 12. The van der Waals surface area contributed by atoms with Gasteiger partial charge in [0.2, 0.25) is 0 Å². The standard InChI is InChI=1S/C77H60N4/c1-53-25-33-61(34-26-53)78(57-17-9-5-10-18-57)65-41-45-69-70-46-42-66(79(58-19-11-6-12-20-58)62-35-27-54(2)28-36-62)50-74(70)77(73(69)49-65)75-51-67(80(59-21-13-7-14-22-59)63-37-29-55(3)30-38-63)43-47-71(75)72-48-44-68(52-76(72)77)81(60-23-15-8-16-24-60)64-39-31-56(4)32-40-64/h5-52H,1-4H3. The molecule has 0 N–H and O–H groups in total. The van der Waals surface area contributed by atoms with Crippen LogP contribution in [-0.2, 0) is 5.41 Å². The zero-order valence-corrected chi connectivity index (χ0v) is 46.0. The van der Waals surface area contributed by atoms with Crippen LogP contribution in [0, 0.1) is 27.7 Å². The Balaban J connectivity index is 1.10. The summed E-state index contributed by atoms with van der Waals surface area (Å²) in [6.45, 7) is 8.64. The minimum absolute atomic E-state index is 0.829. The first-order valence-electron chi connectivity index (χ1n) is 28.1. The number of anilines is 12. The smallest absolute Gasteiger partial charge is 0.0728 e. The van der Waals surface area contributed by atoms with Gasteiger partial charge >= 0.3 is 0 Å². The molecule has 2 aliphatic carbocycles. The monoisotopic (exact) mass is 1040 g/mol. The molecule has 0 aromatic heterocycles. The van der Waals surface area contributed by atoms with E-state index >= 15 is 0 Å². The van der Waals surface area contributed by atoms with E-state index in [2.05, 4.69) is 338 Å². The Morgan fingerprint density at radius 2 is 0.358 bits per heavy atom. The second-order valence-corrected chi connectivity index (χ2v) is 21.7. The quantitative estimate of drug-likeness (QED) is 0.121. The first-order chi connectivity index (χ1) is 39.8. The first kappa shape index (κ1) is 49.2. The van der Waals surface area contributed by atoms with E-state index in [1.807, 2.05) is 0 Å². The second-order valence-electron chi connectivity index (χ2n) is 21.7. The van der Waals surface area contributed by atoms with E-state index in [1.54, 1.807) is 0 Å². The third-order valence-corrected chi connectivity index (χ3v) is 16.5.